The van der Waals surface area contributed by atoms with Gasteiger partial charge in [0.05, 0.1) is 11.2 Å². The molecule has 0 radical (unpaired) electrons. The minimum atomic E-state index is -0.640. The molecular weight excluding hydrogens is 340 g/mol. The number of aromatic nitrogens is 2. The number of carbonyl (C=O) groups excluding carboxylic acids is 1. The number of rotatable bonds is 4. The minimum absolute atomic E-state index is 0.0806. The van der Waals surface area contributed by atoms with Gasteiger partial charge < -0.3 is 15.3 Å². The Morgan fingerprint density at radius 2 is 1.96 bits per heavy atom. The van der Waals surface area contributed by atoms with Crippen molar-refractivity contribution in [2.75, 3.05) is 18.0 Å². The number of pyridine rings is 2. The summed E-state index contributed by atoms with van der Waals surface area (Å²) in [7, 11) is 0. The molecule has 1 amide bonds. The van der Waals surface area contributed by atoms with E-state index >= 15 is 0 Å². The standard InChI is InChI=1S/C21H28N4O2/c1-21(2,27)16-5-7-17(8-6-16)23-20(26)15-12-14-4-9-18(25-10-3-11-25)24-19(14)22-13-15/h4,9,12-13,16-17,27H,3,5-8,10-11H2,1-2H3,(H,23,26)/t16-,17-. The van der Waals surface area contributed by atoms with E-state index in [0.29, 0.717) is 17.1 Å². The summed E-state index contributed by atoms with van der Waals surface area (Å²) in [5, 5.41) is 14.2. The van der Waals surface area contributed by atoms with Crippen LogP contribution in [0.4, 0.5) is 5.82 Å². The number of nitrogens with zero attached hydrogens (tertiary/aromatic N) is 3. The summed E-state index contributed by atoms with van der Waals surface area (Å²) in [6, 6.07) is 6.03. The van der Waals surface area contributed by atoms with Crippen LogP contribution in [0.15, 0.2) is 24.4 Å². The number of nitrogens with one attached hydrogen (secondary N) is 1. The summed E-state index contributed by atoms with van der Waals surface area (Å²) >= 11 is 0. The van der Waals surface area contributed by atoms with Crippen molar-refractivity contribution in [3.8, 4) is 0 Å². The highest BCUT2D eigenvalue weighted by Gasteiger charge is 2.31. The molecule has 1 aliphatic carbocycles. The van der Waals surface area contributed by atoms with Gasteiger partial charge in [-0.15, -0.1) is 0 Å². The fourth-order valence-electron chi connectivity index (χ4n) is 4.06. The van der Waals surface area contributed by atoms with E-state index in [0.717, 1.165) is 50.0 Å². The third-order valence-corrected chi connectivity index (χ3v) is 6.03. The van der Waals surface area contributed by atoms with Gasteiger partial charge in [-0.1, -0.05) is 0 Å². The number of hydrogen-bond donors (Lipinski definition) is 2. The Bertz CT molecular complexity index is 834. The Morgan fingerprint density at radius 3 is 2.59 bits per heavy atom. The molecule has 3 heterocycles. The van der Waals surface area contributed by atoms with Crippen LogP contribution in [0.5, 0.6) is 0 Å². The van der Waals surface area contributed by atoms with Gasteiger partial charge in [-0.25, -0.2) is 9.97 Å². The molecule has 2 aliphatic rings. The van der Waals surface area contributed by atoms with Crippen molar-refractivity contribution < 1.29 is 9.90 Å². The van der Waals surface area contributed by atoms with Gasteiger partial charge in [0.15, 0.2) is 5.65 Å². The lowest BCUT2D eigenvalue weighted by Gasteiger charge is -2.36. The van der Waals surface area contributed by atoms with Gasteiger partial charge in [0.25, 0.3) is 5.91 Å². The molecule has 6 nitrogen and oxygen atoms in total. The second kappa shape index (κ2) is 7.08. The number of carbonyl (C=O) groups is 1. The zero-order valence-corrected chi connectivity index (χ0v) is 16.1. The second-order valence-electron chi connectivity index (χ2n) is 8.46. The van der Waals surface area contributed by atoms with Crippen molar-refractivity contribution in [3.63, 3.8) is 0 Å². The number of fused-ring (bicyclic) bond motifs is 1. The summed E-state index contributed by atoms with van der Waals surface area (Å²) < 4.78 is 0. The summed E-state index contributed by atoms with van der Waals surface area (Å²) in [6.45, 7) is 5.85. The van der Waals surface area contributed by atoms with Crippen molar-refractivity contribution >= 4 is 22.8 Å². The molecule has 0 spiro atoms. The molecule has 0 unspecified atom stereocenters. The van der Waals surface area contributed by atoms with Crippen LogP contribution in [0.1, 0.15) is 56.3 Å². The molecule has 27 heavy (non-hydrogen) atoms. The third kappa shape index (κ3) is 3.90. The monoisotopic (exact) mass is 368 g/mol. The van der Waals surface area contributed by atoms with E-state index < -0.39 is 5.60 Å². The first-order chi connectivity index (χ1) is 12.9. The van der Waals surface area contributed by atoms with Crippen LogP contribution in [0, 0.1) is 5.92 Å². The first kappa shape index (κ1) is 18.2. The Labute approximate surface area is 160 Å². The highest BCUT2D eigenvalue weighted by molar-refractivity contribution is 5.97. The summed E-state index contributed by atoms with van der Waals surface area (Å²) in [4.78, 5) is 23.9. The molecule has 0 aromatic carbocycles. The van der Waals surface area contributed by atoms with Crippen LogP contribution < -0.4 is 10.2 Å². The zero-order chi connectivity index (χ0) is 19.0. The molecule has 1 saturated carbocycles. The smallest absolute Gasteiger partial charge is 0.253 e. The van der Waals surface area contributed by atoms with Crippen molar-refractivity contribution in [2.24, 2.45) is 5.92 Å². The third-order valence-electron chi connectivity index (χ3n) is 6.03. The normalized spacial score (nSPS) is 23.1. The minimum Gasteiger partial charge on any atom is -0.390 e. The van der Waals surface area contributed by atoms with E-state index in [9.17, 15) is 9.90 Å². The lowest BCUT2D eigenvalue weighted by molar-refractivity contribution is -0.00257. The van der Waals surface area contributed by atoms with Gasteiger partial charge in [0.1, 0.15) is 5.82 Å². The molecule has 2 N–H and O–H groups in total. The van der Waals surface area contributed by atoms with E-state index in [1.165, 1.54) is 6.42 Å². The molecule has 6 heteroatoms. The van der Waals surface area contributed by atoms with E-state index in [1.807, 2.05) is 32.0 Å². The van der Waals surface area contributed by atoms with Gasteiger partial charge in [-0.05, 0) is 70.1 Å². The fraction of sp³-hybridized carbons (Fsp3) is 0.571. The van der Waals surface area contributed by atoms with Gasteiger partial charge in [0, 0.05) is 30.7 Å². The molecule has 1 aliphatic heterocycles. The van der Waals surface area contributed by atoms with Crippen LogP contribution in [-0.4, -0.2) is 45.7 Å². The maximum atomic E-state index is 12.6. The average molecular weight is 368 g/mol. The van der Waals surface area contributed by atoms with E-state index in [4.69, 9.17) is 0 Å². The highest BCUT2D eigenvalue weighted by Crippen LogP contribution is 2.32. The van der Waals surface area contributed by atoms with E-state index in [1.54, 1.807) is 6.20 Å². The molecule has 2 fully saturated rings. The van der Waals surface area contributed by atoms with Crippen molar-refractivity contribution in [1.82, 2.24) is 15.3 Å². The van der Waals surface area contributed by atoms with Gasteiger partial charge in [0.2, 0.25) is 0 Å². The molecule has 2 aromatic rings. The van der Waals surface area contributed by atoms with Gasteiger partial charge >= 0.3 is 0 Å². The molecule has 4 rings (SSSR count). The van der Waals surface area contributed by atoms with Crippen molar-refractivity contribution in [1.29, 1.82) is 0 Å². The summed E-state index contributed by atoms with van der Waals surface area (Å²) in [5.74, 6) is 1.18. The number of hydrogen-bond acceptors (Lipinski definition) is 5. The fourth-order valence-corrected chi connectivity index (χ4v) is 4.06. The average Bonchev–Trinajstić information content (AvgIpc) is 2.59. The molecule has 0 atom stereocenters. The van der Waals surface area contributed by atoms with Crippen LogP contribution in [0.2, 0.25) is 0 Å². The number of amides is 1. The van der Waals surface area contributed by atoms with E-state index in [2.05, 4.69) is 20.2 Å². The molecule has 0 bridgehead atoms. The molecule has 2 aromatic heterocycles. The van der Waals surface area contributed by atoms with E-state index in [-0.39, 0.29) is 11.9 Å². The first-order valence-corrected chi connectivity index (χ1v) is 9.95. The maximum absolute atomic E-state index is 12.6. The summed E-state index contributed by atoms with van der Waals surface area (Å²) in [6.07, 6.45) is 6.52. The Hall–Kier alpha value is -2.21. The summed E-state index contributed by atoms with van der Waals surface area (Å²) in [5.41, 5.74) is 0.617. The number of aliphatic hydroxyl groups is 1. The predicted molar refractivity (Wildman–Crippen MR) is 106 cm³/mol. The quantitative estimate of drug-likeness (QED) is 0.868. The lowest BCUT2D eigenvalue weighted by Crippen LogP contribution is -2.41. The van der Waals surface area contributed by atoms with Crippen LogP contribution >= 0.6 is 0 Å². The molecule has 144 valence electrons. The Kier molecular flexibility index (Phi) is 4.76. The van der Waals surface area contributed by atoms with Crippen LogP contribution in [-0.2, 0) is 0 Å². The number of anilines is 1. The second-order valence-corrected chi connectivity index (χ2v) is 8.46. The lowest BCUT2D eigenvalue weighted by atomic mass is 9.77. The topological polar surface area (TPSA) is 78.3 Å². The first-order valence-electron chi connectivity index (χ1n) is 9.95. The molecular formula is C21H28N4O2. The van der Waals surface area contributed by atoms with Gasteiger partial charge in [-0.3, -0.25) is 4.79 Å². The van der Waals surface area contributed by atoms with Crippen LogP contribution in [0.25, 0.3) is 11.0 Å². The van der Waals surface area contributed by atoms with Crippen LogP contribution in [0.3, 0.4) is 0 Å². The van der Waals surface area contributed by atoms with Crippen molar-refractivity contribution in [2.45, 2.75) is 57.6 Å². The van der Waals surface area contributed by atoms with Crippen molar-refractivity contribution in [3.05, 3.63) is 30.0 Å². The predicted octanol–water partition coefficient (Wildman–Crippen LogP) is 2.90. The highest BCUT2D eigenvalue weighted by atomic mass is 16.3. The molecule has 1 saturated heterocycles. The van der Waals surface area contributed by atoms with Gasteiger partial charge in [-0.2, -0.15) is 0 Å². The Balaban J connectivity index is 1.41. The Morgan fingerprint density at radius 1 is 1.22 bits per heavy atom. The maximum Gasteiger partial charge on any atom is 0.253 e. The zero-order valence-electron chi connectivity index (χ0n) is 16.1. The SMILES string of the molecule is CC(C)(O)[C@H]1CC[C@H](NC(=O)c2cnc3nc(N4CCC4)ccc3c2)CC1. The largest absolute Gasteiger partial charge is 0.390 e.